The number of hydrogen-bond acceptors (Lipinski definition) is 2. The molecule has 1 amide bonds. The van der Waals surface area contributed by atoms with E-state index >= 15 is 0 Å². The first-order chi connectivity index (χ1) is 9.24. The van der Waals surface area contributed by atoms with E-state index in [9.17, 15) is 4.79 Å². The van der Waals surface area contributed by atoms with Crippen molar-refractivity contribution in [3.63, 3.8) is 0 Å². The van der Waals surface area contributed by atoms with Crippen LogP contribution in [0.4, 0.5) is 0 Å². The minimum Gasteiger partial charge on any atom is -0.336 e. The summed E-state index contributed by atoms with van der Waals surface area (Å²) in [4.78, 5) is 15.9. The summed E-state index contributed by atoms with van der Waals surface area (Å²) in [5.74, 6) is 1.28. The molecule has 1 aromatic rings. The Labute approximate surface area is 120 Å². The third-order valence-corrected chi connectivity index (χ3v) is 4.92. The first-order valence-electron chi connectivity index (χ1n) is 7.27. The summed E-state index contributed by atoms with van der Waals surface area (Å²) in [6.07, 6.45) is 4.65. The Balaban J connectivity index is 2.17. The standard InChI is InChI=1S/C16H23NOS/c1-3-12-19-15-10-5-4-9-14(15)16(18)17-11-7-6-8-13(17)2/h4-5,9-10,13H,3,6-8,11-12H2,1-2H3. The second-order valence-corrected chi connectivity index (χ2v) is 6.32. The molecule has 2 nitrogen and oxygen atoms in total. The van der Waals surface area contributed by atoms with E-state index in [0.717, 1.165) is 42.0 Å². The second kappa shape index (κ2) is 6.99. The molecule has 2 rings (SSSR count). The van der Waals surface area contributed by atoms with Gasteiger partial charge in [0.1, 0.15) is 0 Å². The van der Waals surface area contributed by atoms with Crippen LogP contribution in [0.2, 0.25) is 0 Å². The van der Waals surface area contributed by atoms with Crippen LogP contribution in [0.1, 0.15) is 49.9 Å². The van der Waals surface area contributed by atoms with Crippen molar-refractivity contribution in [1.82, 2.24) is 4.90 Å². The number of piperidine rings is 1. The van der Waals surface area contributed by atoms with Crippen molar-refractivity contribution in [1.29, 1.82) is 0 Å². The van der Waals surface area contributed by atoms with Crippen LogP contribution in [0.3, 0.4) is 0 Å². The third-order valence-electron chi connectivity index (χ3n) is 3.64. The monoisotopic (exact) mass is 277 g/mol. The molecule has 0 radical (unpaired) electrons. The number of nitrogens with zero attached hydrogens (tertiary/aromatic N) is 1. The summed E-state index contributed by atoms with van der Waals surface area (Å²) in [7, 11) is 0. The fourth-order valence-corrected chi connectivity index (χ4v) is 3.45. The molecular formula is C16H23NOS. The molecule has 0 aromatic heterocycles. The predicted octanol–water partition coefficient (Wildman–Crippen LogP) is 4.20. The lowest BCUT2D eigenvalue weighted by Gasteiger charge is -2.33. The number of benzene rings is 1. The van der Waals surface area contributed by atoms with Gasteiger partial charge in [-0.05, 0) is 50.5 Å². The molecule has 0 bridgehead atoms. The first-order valence-corrected chi connectivity index (χ1v) is 8.25. The van der Waals surface area contributed by atoms with Crippen LogP contribution >= 0.6 is 11.8 Å². The van der Waals surface area contributed by atoms with Gasteiger partial charge in [-0.15, -0.1) is 11.8 Å². The van der Waals surface area contributed by atoms with Gasteiger partial charge < -0.3 is 4.90 Å². The van der Waals surface area contributed by atoms with Gasteiger partial charge in [0, 0.05) is 17.5 Å². The summed E-state index contributed by atoms with van der Waals surface area (Å²) < 4.78 is 0. The molecule has 1 atom stereocenters. The van der Waals surface area contributed by atoms with E-state index in [4.69, 9.17) is 0 Å². The number of thioether (sulfide) groups is 1. The highest BCUT2D eigenvalue weighted by atomic mass is 32.2. The Hall–Kier alpha value is -0.960. The number of hydrogen-bond donors (Lipinski definition) is 0. The lowest BCUT2D eigenvalue weighted by atomic mass is 10.0. The zero-order valence-corrected chi connectivity index (χ0v) is 12.7. The molecule has 1 fully saturated rings. The molecule has 0 N–H and O–H groups in total. The average molecular weight is 277 g/mol. The van der Waals surface area contributed by atoms with E-state index in [2.05, 4.69) is 24.8 Å². The Morgan fingerprint density at radius 1 is 1.37 bits per heavy atom. The van der Waals surface area contributed by atoms with Gasteiger partial charge in [0.05, 0.1) is 5.56 Å². The zero-order valence-electron chi connectivity index (χ0n) is 11.9. The lowest BCUT2D eigenvalue weighted by molar-refractivity contribution is 0.0632. The van der Waals surface area contributed by atoms with Crippen molar-refractivity contribution in [3.05, 3.63) is 29.8 Å². The zero-order chi connectivity index (χ0) is 13.7. The molecular weight excluding hydrogens is 254 g/mol. The number of carbonyl (C=O) groups excluding carboxylic acids is 1. The maximum absolute atomic E-state index is 12.7. The Morgan fingerprint density at radius 2 is 2.16 bits per heavy atom. The maximum Gasteiger partial charge on any atom is 0.255 e. The van der Waals surface area contributed by atoms with Crippen LogP contribution in [0.5, 0.6) is 0 Å². The molecule has 1 aromatic carbocycles. The molecule has 104 valence electrons. The van der Waals surface area contributed by atoms with Crippen molar-refractivity contribution in [2.75, 3.05) is 12.3 Å². The van der Waals surface area contributed by atoms with Gasteiger partial charge >= 0.3 is 0 Å². The van der Waals surface area contributed by atoms with Crippen LogP contribution in [-0.4, -0.2) is 29.1 Å². The molecule has 3 heteroatoms. The van der Waals surface area contributed by atoms with Crippen molar-refractivity contribution < 1.29 is 4.79 Å². The molecule has 1 aliphatic rings. The molecule has 1 aliphatic heterocycles. The van der Waals surface area contributed by atoms with Gasteiger partial charge in [-0.1, -0.05) is 19.1 Å². The van der Waals surface area contributed by atoms with Crippen LogP contribution < -0.4 is 0 Å². The molecule has 0 aliphatic carbocycles. The van der Waals surface area contributed by atoms with Crippen molar-refractivity contribution in [2.24, 2.45) is 0 Å². The summed E-state index contributed by atoms with van der Waals surface area (Å²) in [5, 5.41) is 0. The minimum atomic E-state index is 0.214. The molecule has 19 heavy (non-hydrogen) atoms. The quantitative estimate of drug-likeness (QED) is 0.769. The van der Waals surface area contributed by atoms with E-state index in [-0.39, 0.29) is 5.91 Å². The Kier molecular flexibility index (Phi) is 5.32. The molecule has 1 heterocycles. The first kappa shape index (κ1) is 14.4. The predicted molar refractivity (Wildman–Crippen MR) is 81.8 cm³/mol. The largest absolute Gasteiger partial charge is 0.336 e. The number of likely N-dealkylation sites (tertiary alicyclic amines) is 1. The minimum absolute atomic E-state index is 0.214. The highest BCUT2D eigenvalue weighted by Gasteiger charge is 2.25. The maximum atomic E-state index is 12.7. The fourth-order valence-electron chi connectivity index (χ4n) is 2.54. The topological polar surface area (TPSA) is 20.3 Å². The Morgan fingerprint density at radius 3 is 2.89 bits per heavy atom. The number of amides is 1. The van der Waals surface area contributed by atoms with Gasteiger partial charge in [-0.3, -0.25) is 4.79 Å². The SMILES string of the molecule is CCCSc1ccccc1C(=O)N1CCCCC1C. The van der Waals surface area contributed by atoms with E-state index < -0.39 is 0 Å². The lowest BCUT2D eigenvalue weighted by Crippen LogP contribution is -2.42. The van der Waals surface area contributed by atoms with Crippen LogP contribution in [0.15, 0.2) is 29.2 Å². The van der Waals surface area contributed by atoms with Crippen molar-refractivity contribution in [3.8, 4) is 0 Å². The molecule has 1 saturated heterocycles. The van der Waals surface area contributed by atoms with E-state index in [1.165, 1.54) is 6.42 Å². The van der Waals surface area contributed by atoms with E-state index in [1.54, 1.807) is 11.8 Å². The number of rotatable bonds is 4. The fraction of sp³-hybridized carbons (Fsp3) is 0.562. The van der Waals surface area contributed by atoms with Gasteiger partial charge in [-0.2, -0.15) is 0 Å². The van der Waals surface area contributed by atoms with Crippen LogP contribution in [0.25, 0.3) is 0 Å². The van der Waals surface area contributed by atoms with Gasteiger partial charge in [0.25, 0.3) is 5.91 Å². The Bertz CT molecular complexity index is 433. The number of carbonyl (C=O) groups is 1. The smallest absolute Gasteiger partial charge is 0.255 e. The summed E-state index contributed by atoms with van der Waals surface area (Å²) in [5.41, 5.74) is 0.884. The van der Waals surface area contributed by atoms with E-state index in [0.29, 0.717) is 6.04 Å². The van der Waals surface area contributed by atoms with Gasteiger partial charge in [0.15, 0.2) is 0 Å². The molecule has 0 saturated carbocycles. The van der Waals surface area contributed by atoms with Crippen molar-refractivity contribution >= 4 is 17.7 Å². The van der Waals surface area contributed by atoms with Gasteiger partial charge in [0.2, 0.25) is 0 Å². The second-order valence-electron chi connectivity index (χ2n) is 5.19. The summed E-state index contributed by atoms with van der Waals surface area (Å²) >= 11 is 1.79. The van der Waals surface area contributed by atoms with Crippen LogP contribution in [0, 0.1) is 0 Å². The molecule has 1 unspecified atom stereocenters. The highest BCUT2D eigenvalue weighted by Crippen LogP contribution is 2.26. The van der Waals surface area contributed by atoms with Gasteiger partial charge in [-0.25, -0.2) is 0 Å². The normalized spacial score (nSPS) is 19.5. The average Bonchev–Trinajstić information content (AvgIpc) is 2.45. The molecule has 0 spiro atoms. The third kappa shape index (κ3) is 3.53. The van der Waals surface area contributed by atoms with E-state index in [1.807, 2.05) is 18.2 Å². The highest BCUT2D eigenvalue weighted by molar-refractivity contribution is 7.99. The van der Waals surface area contributed by atoms with Crippen LogP contribution in [-0.2, 0) is 0 Å². The van der Waals surface area contributed by atoms with Crippen molar-refractivity contribution in [2.45, 2.75) is 50.5 Å². The summed E-state index contributed by atoms with van der Waals surface area (Å²) in [6, 6.07) is 8.42. The summed E-state index contributed by atoms with van der Waals surface area (Å²) in [6.45, 7) is 5.25.